The lowest BCUT2D eigenvalue weighted by molar-refractivity contribution is 0.0611. The fourth-order valence-electron chi connectivity index (χ4n) is 3.86. The van der Waals surface area contributed by atoms with Gasteiger partial charge >= 0.3 is 0 Å². The molecule has 5 nitrogen and oxygen atoms in total. The Labute approximate surface area is 189 Å². The van der Waals surface area contributed by atoms with Crippen molar-refractivity contribution in [1.29, 1.82) is 0 Å². The third-order valence-corrected chi connectivity index (χ3v) is 7.67. The van der Waals surface area contributed by atoms with Gasteiger partial charge in [-0.15, -0.1) is 0 Å². The Morgan fingerprint density at radius 2 is 1.83 bits per heavy atom. The highest BCUT2D eigenvalue weighted by molar-refractivity contribution is 7.85. The molecular weight excluding hydrogens is 441 g/mol. The summed E-state index contributed by atoms with van der Waals surface area (Å²) in [7, 11) is -1.52. The number of pyridine rings is 1. The highest BCUT2D eigenvalue weighted by atomic mass is 35.5. The summed E-state index contributed by atoms with van der Waals surface area (Å²) < 4.78 is 21.0. The average Bonchev–Trinajstić information content (AvgIpc) is 3.06. The smallest absolute Gasteiger partial charge is 0.115 e. The van der Waals surface area contributed by atoms with E-state index < -0.39 is 10.8 Å². The second-order valence-corrected chi connectivity index (χ2v) is 10.9. The monoisotopic (exact) mass is 465 g/mol. The lowest BCUT2D eigenvalue weighted by Gasteiger charge is -2.26. The fraction of sp³-hybridized carbons (Fsp3) is 0.455. The van der Waals surface area contributed by atoms with E-state index in [1.807, 2.05) is 18.2 Å². The van der Waals surface area contributed by atoms with Crippen LogP contribution in [-0.2, 0) is 27.5 Å². The zero-order valence-corrected chi connectivity index (χ0v) is 19.7. The van der Waals surface area contributed by atoms with Crippen LogP contribution in [-0.4, -0.2) is 32.0 Å². The van der Waals surface area contributed by atoms with Crippen molar-refractivity contribution in [2.24, 2.45) is 5.92 Å². The SMILES string of the molecule is CC(C)(C)c1nc2cc(S(=O)c3c(Cl)cncc3Cl)ccc2n1CC1CCOCC1. The van der Waals surface area contributed by atoms with Crippen molar-refractivity contribution in [3.05, 3.63) is 46.5 Å². The molecule has 1 aliphatic rings. The summed E-state index contributed by atoms with van der Waals surface area (Å²) in [4.78, 5) is 9.89. The molecule has 0 N–H and O–H groups in total. The van der Waals surface area contributed by atoms with Gasteiger partial charge in [0, 0.05) is 42.5 Å². The Hall–Kier alpha value is -1.47. The first kappa shape index (κ1) is 21.8. The maximum atomic E-state index is 13.2. The number of benzene rings is 1. The summed E-state index contributed by atoms with van der Waals surface area (Å²) in [5, 5.41) is 0.586. The Bertz CT molecular complexity index is 1080. The van der Waals surface area contributed by atoms with E-state index in [0.29, 0.717) is 25.8 Å². The Morgan fingerprint density at radius 3 is 2.47 bits per heavy atom. The largest absolute Gasteiger partial charge is 0.381 e. The molecule has 160 valence electrons. The highest BCUT2D eigenvalue weighted by Crippen LogP contribution is 2.33. The number of hydrogen-bond donors (Lipinski definition) is 0. The molecule has 0 spiro atoms. The van der Waals surface area contributed by atoms with Crippen LogP contribution in [0.1, 0.15) is 39.4 Å². The van der Waals surface area contributed by atoms with Crippen LogP contribution in [0, 0.1) is 5.92 Å². The fourth-order valence-corrected chi connectivity index (χ4v) is 5.75. The van der Waals surface area contributed by atoms with Crippen LogP contribution in [0.5, 0.6) is 0 Å². The molecule has 1 aromatic carbocycles. The maximum absolute atomic E-state index is 13.2. The maximum Gasteiger partial charge on any atom is 0.115 e. The Balaban J connectivity index is 1.77. The van der Waals surface area contributed by atoms with Crippen LogP contribution in [0.2, 0.25) is 10.0 Å². The second kappa shape index (κ2) is 8.58. The molecule has 0 saturated carbocycles. The van der Waals surface area contributed by atoms with Crippen molar-refractivity contribution in [3.63, 3.8) is 0 Å². The van der Waals surface area contributed by atoms with Crippen molar-refractivity contribution in [2.75, 3.05) is 13.2 Å². The molecule has 0 radical (unpaired) electrons. The molecule has 30 heavy (non-hydrogen) atoms. The minimum Gasteiger partial charge on any atom is -0.381 e. The molecule has 3 aromatic rings. The summed E-state index contributed by atoms with van der Waals surface area (Å²) in [6, 6.07) is 5.77. The predicted octanol–water partition coefficient (Wildman–Crippen LogP) is 5.63. The quantitative estimate of drug-likeness (QED) is 0.500. The lowest BCUT2D eigenvalue weighted by atomic mass is 9.94. The first-order valence-corrected chi connectivity index (χ1v) is 12.0. The van der Waals surface area contributed by atoms with Gasteiger partial charge in [0.05, 0.1) is 36.8 Å². The van der Waals surface area contributed by atoms with Gasteiger partial charge in [-0.3, -0.25) is 4.98 Å². The number of ether oxygens (including phenoxy) is 1. The van der Waals surface area contributed by atoms with Crippen molar-refractivity contribution < 1.29 is 8.95 Å². The first-order chi connectivity index (χ1) is 14.3. The van der Waals surface area contributed by atoms with E-state index in [4.69, 9.17) is 32.9 Å². The van der Waals surface area contributed by atoms with Crippen LogP contribution < -0.4 is 0 Å². The molecule has 0 bridgehead atoms. The number of fused-ring (bicyclic) bond motifs is 1. The molecule has 1 fully saturated rings. The summed E-state index contributed by atoms with van der Waals surface area (Å²) in [5.74, 6) is 1.60. The third-order valence-electron chi connectivity index (χ3n) is 5.38. The zero-order chi connectivity index (χ0) is 21.5. The number of aromatic nitrogens is 3. The molecule has 1 atom stereocenters. The van der Waals surface area contributed by atoms with Crippen LogP contribution >= 0.6 is 23.2 Å². The highest BCUT2D eigenvalue weighted by Gasteiger charge is 2.26. The van der Waals surface area contributed by atoms with E-state index in [0.717, 1.165) is 49.5 Å². The predicted molar refractivity (Wildman–Crippen MR) is 121 cm³/mol. The molecule has 8 heteroatoms. The number of imidazole rings is 1. The average molecular weight is 466 g/mol. The van der Waals surface area contributed by atoms with Crippen molar-refractivity contribution in [3.8, 4) is 0 Å². The van der Waals surface area contributed by atoms with Gasteiger partial charge in [-0.05, 0) is 37.0 Å². The molecule has 4 rings (SSSR count). The summed E-state index contributed by atoms with van der Waals surface area (Å²) in [6.07, 6.45) is 5.04. The van der Waals surface area contributed by atoms with E-state index >= 15 is 0 Å². The number of halogens is 2. The van der Waals surface area contributed by atoms with E-state index in [9.17, 15) is 4.21 Å². The van der Waals surface area contributed by atoms with Gasteiger partial charge in [0.1, 0.15) is 5.82 Å². The molecule has 2 aromatic heterocycles. The number of hydrogen-bond acceptors (Lipinski definition) is 4. The van der Waals surface area contributed by atoms with E-state index in [1.54, 1.807) is 0 Å². The van der Waals surface area contributed by atoms with Crippen molar-refractivity contribution in [1.82, 2.24) is 14.5 Å². The van der Waals surface area contributed by atoms with Gasteiger partial charge in [0.25, 0.3) is 0 Å². The summed E-state index contributed by atoms with van der Waals surface area (Å²) >= 11 is 12.4. The second-order valence-electron chi connectivity index (χ2n) is 8.70. The molecule has 1 saturated heterocycles. The summed E-state index contributed by atoms with van der Waals surface area (Å²) in [5.41, 5.74) is 1.78. The lowest BCUT2D eigenvalue weighted by Crippen LogP contribution is -2.25. The van der Waals surface area contributed by atoms with Gasteiger partial charge in [-0.1, -0.05) is 44.0 Å². The zero-order valence-electron chi connectivity index (χ0n) is 17.3. The van der Waals surface area contributed by atoms with E-state index in [-0.39, 0.29) is 5.41 Å². The molecular formula is C22H25Cl2N3O2S. The molecule has 0 aliphatic carbocycles. The van der Waals surface area contributed by atoms with Crippen molar-refractivity contribution in [2.45, 2.75) is 55.4 Å². The van der Waals surface area contributed by atoms with Gasteiger partial charge in [-0.2, -0.15) is 0 Å². The Morgan fingerprint density at radius 1 is 1.17 bits per heavy atom. The van der Waals surface area contributed by atoms with E-state index in [1.165, 1.54) is 12.4 Å². The molecule has 0 amide bonds. The topological polar surface area (TPSA) is 57.0 Å². The minimum atomic E-state index is -1.52. The van der Waals surface area contributed by atoms with Crippen LogP contribution in [0.25, 0.3) is 11.0 Å². The van der Waals surface area contributed by atoms with Gasteiger partial charge in [-0.25, -0.2) is 9.19 Å². The van der Waals surface area contributed by atoms with Gasteiger partial charge in [0.15, 0.2) is 0 Å². The van der Waals surface area contributed by atoms with Crippen LogP contribution in [0.3, 0.4) is 0 Å². The minimum absolute atomic E-state index is 0.110. The summed E-state index contributed by atoms with van der Waals surface area (Å²) in [6.45, 7) is 9.06. The number of rotatable bonds is 4. The van der Waals surface area contributed by atoms with Crippen LogP contribution in [0.15, 0.2) is 40.4 Å². The molecule has 1 aliphatic heterocycles. The molecule has 3 heterocycles. The van der Waals surface area contributed by atoms with Crippen molar-refractivity contribution >= 4 is 45.0 Å². The van der Waals surface area contributed by atoms with Gasteiger partial charge in [0.2, 0.25) is 0 Å². The first-order valence-electron chi connectivity index (χ1n) is 10.0. The van der Waals surface area contributed by atoms with Crippen LogP contribution in [0.4, 0.5) is 0 Å². The Kier molecular flexibility index (Phi) is 6.22. The number of nitrogens with zero attached hydrogens (tertiary/aromatic N) is 3. The van der Waals surface area contributed by atoms with E-state index in [2.05, 4.69) is 30.3 Å². The third kappa shape index (κ3) is 4.28. The standard InChI is InChI=1S/C22H25Cl2N3O2S/c1-22(2,3)21-26-18-10-15(30(28)20-16(23)11-25-12-17(20)24)4-5-19(18)27(21)13-14-6-8-29-9-7-14/h4-5,10-12,14H,6-9,13H2,1-3H3. The normalized spacial score (nSPS) is 16.8. The van der Waals surface area contributed by atoms with Gasteiger partial charge < -0.3 is 9.30 Å². The molecule has 1 unspecified atom stereocenters.